The number of anilines is 2. The molecule has 0 radical (unpaired) electrons. The molecular weight excluding hydrogens is 464 g/mol. The van der Waals surface area contributed by atoms with Crippen LogP contribution in [0.1, 0.15) is 62.5 Å². The minimum atomic E-state index is 0.161. The van der Waals surface area contributed by atoms with Gasteiger partial charge in [0, 0.05) is 42.6 Å². The number of methoxy groups -OCH3 is 1. The van der Waals surface area contributed by atoms with Crippen LogP contribution in [-0.2, 0) is 11.3 Å². The molecule has 5 rings (SSSR count). The molecule has 7 nitrogen and oxygen atoms in total. The average Bonchev–Trinajstić information content (AvgIpc) is 2.91. The van der Waals surface area contributed by atoms with Crippen LogP contribution in [0.2, 0.25) is 0 Å². The molecule has 0 saturated carbocycles. The number of nitrogens with zero attached hydrogens (tertiary/aromatic N) is 3. The van der Waals surface area contributed by atoms with E-state index in [0.29, 0.717) is 30.3 Å². The van der Waals surface area contributed by atoms with Crippen LogP contribution in [0.25, 0.3) is 10.9 Å². The summed E-state index contributed by atoms with van der Waals surface area (Å²) in [6.07, 6.45) is 9.66. The Bertz CT molecular complexity index is 1240. The van der Waals surface area contributed by atoms with Gasteiger partial charge in [-0.2, -0.15) is 0 Å². The summed E-state index contributed by atoms with van der Waals surface area (Å²) in [5.74, 6) is 2.73. The Morgan fingerprint density at radius 1 is 1.05 bits per heavy atom. The van der Waals surface area contributed by atoms with Gasteiger partial charge < -0.3 is 14.8 Å². The Labute approximate surface area is 219 Å². The van der Waals surface area contributed by atoms with Crippen LogP contribution in [0.5, 0.6) is 11.5 Å². The van der Waals surface area contributed by atoms with Crippen molar-refractivity contribution in [2.24, 2.45) is 5.92 Å². The normalized spacial score (nSPS) is 21.5. The van der Waals surface area contributed by atoms with E-state index < -0.39 is 0 Å². The van der Waals surface area contributed by atoms with Gasteiger partial charge in [0.25, 0.3) is 0 Å². The van der Waals surface area contributed by atoms with Crippen molar-refractivity contribution in [1.29, 1.82) is 0 Å². The highest BCUT2D eigenvalue weighted by atomic mass is 16.5. The zero-order valence-electron chi connectivity index (χ0n) is 22.1. The maximum absolute atomic E-state index is 13.0. The maximum atomic E-state index is 13.0. The second-order valence-corrected chi connectivity index (χ2v) is 10.4. The number of aryl methyl sites for hydroxylation is 1. The van der Waals surface area contributed by atoms with E-state index in [1.807, 2.05) is 12.1 Å². The Balaban J connectivity index is 1.50. The molecule has 2 atom stereocenters. The Hall–Kier alpha value is -3.19. The first-order chi connectivity index (χ1) is 18.1. The molecule has 3 heterocycles. The highest BCUT2D eigenvalue weighted by molar-refractivity contribution is 5.93. The van der Waals surface area contributed by atoms with Crippen LogP contribution in [0.15, 0.2) is 36.7 Å². The van der Waals surface area contributed by atoms with Crippen molar-refractivity contribution >= 4 is 28.2 Å². The molecule has 2 aliphatic rings. The number of piperidine rings is 1. The van der Waals surface area contributed by atoms with Crippen molar-refractivity contribution in [3.05, 3.63) is 47.8 Å². The first kappa shape index (κ1) is 25.5. The summed E-state index contributed by atoms with van der Waals surface area (Å²) in [6.45, 7) is 5.40. The van der Waals surface area contributed by atoms with Crippen molar-refractivity contribution in [2.45, 2.75) is 64.8 Å². The van der Waals surface area contributed by atoms with Gasteiger partial charge in [-0.15, -0.1) is 0 Å². The number of carbonyl (C=O) groups is 1. The number of benzene rings is 2. The third-order valence-electron chi connectivity index (χ3n) is 7.62. The fraction of sp³-hybridized carbons (Fsp3) is 0.500. The molecule has 0 spiro atoms. The minimum absolute atomic E-state index is 0.161. The fourth-order valence-corrected chi connectivity index (χ4v) is 5.53. The lowest BCUT2D eigenvalue weighted by Crippen LogP contribution is -2.38. The molecule has 7 heteroatoms. The Morgan fingerprint density at radius 2 is 1.92 bits per heavy atom. The van der Waals surface area contributed by atoms with E-state index in [-0.39, 0.29) is 5.92 Å². The van der Waals surface area contributed by atoms with Gasteiger partial charge in [0.15, 0.2) is 11.5 Å². The molecule has 1 saturated heterocycles. The largest absolute Gasteiger partial charge is 0.493 e. The van der Waals surface area contributed by atoms with E-state index in [0.717, 1.165) is 87.0 Å². The third kappa shape index (κ3) is 6.21. The molecule has 2 aromatic carbocycles. The topological polar surface area (TPSA) is 76.6 Å². The number of hydrogen-bond acceptors (Lipinski definition) is 7. The van der Waals surface area contributed by atoms with Gasteiger partial charge in [-0.3, -0.25) is 9.69 Å². The lowest BCUT2D eigenvalue weighted by Gasteiger charge is -2.32. The maximum Gasteiger partial charge on any atom is 0.162 e. The molecule has 37 heavy (non-hydrogen) atoms. The number of hydrogen-bond donors (Lipinski definition) is 1. The SMILES string of the molecule is COc1cc2ncnc3c2cc1OCCCCCCCC(=O)C1CCCN(Cc2ccc(C)cc2N3)C1. The van der Waals surface area contributed by atoms with E-state index in [1.54, 1.807) is 13.4 Å². The summed E-state index contributed by atoms with van der Waals surface area (Å²) in [4.78, 5) is 24.5. The minimum Gasteiger partial charge on any atom is -0.493 e. The molecule has 1 aromatic heterocycles. The van der Waals surface area contributed by atoms with Crippen LogP contribution in [-0.4, -0.2) is 47.5 Å². The zero-order valence-corrected chi connectivity index (χ0v) is 22.1. The monoisotopic (exact) mass is 502 g/mol. The smallest absolute Gasteiger partial charge is 0.162 e. The van der Waals surface area contributed by atoms with E-state index >= 15 is 0 Å². The molecule has 2 unspecified atom stereocenters. The second-order valence-electron chi connectivity index (χ2n) is 10.4. The number of rotatable bonds is 1. The summed E-state index contributed by atoms with van der Waals surface area (Å²) in [5.41, 5.74) is 4.21. The molecule has 196 valence electrons. The number of fused-ring (bicyclic) bond motifs is 4. The number of carbonyl (C=O) groups excluding carboxylic acids is 1. The van der Waals surface area contributed by atoms with Gasteiger partial charge >= 0.3 is 0 Å². The van der Waals surface area contributed by atoms with Crippen molar-refractivity contribution in [2.75, 3.05) is 32.1 Å². The summed E-state index contributed by atoms with van der Waals surface area (Å²) in [7, 11) is 1.66. The van der Waals surface area contributed by atoms with E-state index in [2.05, 4.69) is 45.3 Å². The molecule has 0 aliphatic carbocycles. The van der Waals surface area contributed by atoms with Gasteiger partial charge in [0.2, 0.25) is 0 Å². The first-order valence-electron chi connectivity index (χ1n) is 13.7. The lowest BCUT2D eigenvalue weighted by molar-refractivity contribution is -0.124. The zero-order chi connectivity index (χ0) is 25.6. The molecular formula is C30H38N4O3. The van der Waals surface area contributed by atoms with Crippen LogP contribution in [0.4, 0.5) is 11.5 Å². The van der Waals surface area contributed by atoms with Gasteiger partial charge in [-0.05, 0) is 62.4 Å². The van der Waals surface area contributed by atoms with Crippen LogP contribution in [0.3, 0.4) is 0 Å². The number of aromatic nitrogens is 2. The van der Waals surface area contributed by atoms with Gasteiger partial charge in [0.05, 0.1) is 19.2 Å². The van der Waals surface area contributed by atoms with Gasteiger partial charge in [-0.1, -0.05) is 31.4 Å². The number of ether oxygens (including phenoxy) is 2. The summed E-state index contributed by atoms with van der Waals surface area (Å²) < 4.78 is 11.8. The van der Waals surface area contributed by atoms with E-state index in [1.165, 1.54) is 11.1 Å². The fourth-order valence-electron chi connectivity index (χ4n) is 5.53. The number of nitrogens with one attached hydrogen (secondary N) is 1. The van der Waals surface area contributed by atoms with Crippen molar-refractivity contribution in [3.63, 3.8) is 0 Å². The lowest BCUT2D eigenvalue weighted by atomic mass is 9.90. The van der Waals surface area contributed by atoms with E-state index in [4.69, 9.17) is 9.47 Å². The van der Waals surface area contributed by atoms with Gasteiger partial charge in [0.1, 0.15) is 17.9 Å². The average molecular weight is 503 g/mol. The van der Waals surface area contributed by atoms with Crippen molar-refractivity contribution in [3.8, 4) is 11.5 Å². The van der Waals surface area contributed by atoms with Crippen LogP contribution < -0.4 is 14.8 Å². The highest BCUT2D eigenvalue weighted by Gasteiger charge is 2.26. The van der Waals surface area contributed by atoms with Crippen LogP contribution >= 0.6 is 0 Å². The Morgan fingerprint density at radius 3 is 2.81 bits per heavy atom. The molecule has 2 aliphatic heterocycles. The van der Waals surface area contributed by atoms with Gasteiger partial charge in [-0.25, -0.2) is 9.97 Å². The number of ketones is 1. The molecule has 0 amide bonds. The number of Topliss-reactive ketones (excluding diaryl/α,β-unsaturated/α-hetero) is 1. The Kier molecular flexibility index (Phi) is 8.19. The summed E-state index contributed by atoms with van der Waals surface area (Å²) >= 11 is 0. The molecule has 4 bridgehead atoms. The predicted octanol–water partition coefficient (Wildman–Crippen LogP) is 6.20. The highest BCUT2D eigenvalue weighted by Crippen LogP contribution is 2.36. The summed E-state index contributed by atoms with van der Waals surface area (Å²) in [6, 6.07) is 10.4. The second kappa shape index (κ2) is 11.9. The standard InChI is InChI=1S/C30H38N4O3/c1-21-11-12-22-18-34-13-8-9-23(19-34)27(35)10-6-4-3-5-7-14-37-29-16-24-26(17-28(29)36-2)31-20-32-30(24)33-25(22)15-21/h11-12,15-17,20,23H,3-10,13-14,18-19H2,1-2H3,(H,31,32,33). The summed E-state index contributed by atoms with van der Waals surface area (Å²) in [5, 5.41) is 4.49. The van der Waals surface area contributed by atoms with Crippen molar-refractivity contribution < 1.29 is 14.3 Å². The van der Waals surface area contributed by atoms with Crippen LogP contribution in [0, 0.1) is 12.8 Å². The molecule has 3 aromatic rings. The molecule has 1 N–H and O–H groups in total. The van der Waals surface area contributed by atoms with Crippen molar-refractivity contribution in [1.82, 2.24) is 14.9 Å². The molecule has 1 fully saturated rings. The predicted molar refractivity (Wildman–Crippen MR) is 147 cm³/mol. The quantitative estimate of drug-likeness (QED) is 0.424. The third-order valence-corrected chi connectivity index (χ3v) is 7.62. The first-order valence-corrected chi connectivity index (χ1v) is 13.7. The van der Waals surface area contributed by atoms with E-state index in [9.17, 15) is 4.79 Å².